The largest absolute Gasteiger partial charge is 0.378 e. The van der Waals surface area contributed by atoms with Crippen molar-refractivity contribution in [3.05, 3.63) is 66.5 Å². The van der Waals surface area contributed by atoms with Crippen LogP contribution < -0.4 is 0 Å². The number of carbonyl (C=O) groups is 1. The third-order valence-electron chi connectivity index (χ3n) is 5.50. The monoisotopic (exact) mass is 465 g/mol. The predicted octanol–water partition coefficient (Wildman–Crippen LogP) is 2.83. The van der Waals surface area contributed by atoms with Crippen LogP contribution in [0.3, 0.4) is 0 Å². The van der Waals surface area contributed by atoms with Crippen molar-refractivity contribution in [2.45, 2.75) is 4.90 Å². The summed E-state index contributed by atoms with van der Waals surface area (Å²) >= 11 is 0. The number of benzene rings is 1. The quantitative estimate of drug-likeness (QED) is 0.460. The molecular weight excluding hydrogens is 445 g/mol. The lowest BCUT2D eigenvalue weighted by atomic mass is 10.1. The number of halogens is 1. The van der Waals surface area contributed by atoms with E-state index >= 15 is 0 Å². The molecule has 1 amide bonds. The molecule has 1 aliphatic heterocycles. The first-order chi connectivity index (χ1) is 16.0. The number of hydrogen-bond acceptors (Lipinski definition) is 6. The summed E-state index contributed by atoms with van der Waals surface area (Å²) < 4.78 is 32.6. The van der Waals surface area contributed by atoms with E-state index in [1.54, 1.807) is 52.5 Å². The summed E-state index contributed by atoms with van der Waals surface area (Å²) in [7, 11) is -1.25. The van der Waals surface area contributed by atoms with E-state index in [1.165, 1.54) is 6.07 Å². The van der Waals surface area contributed by atoms with E-state index in [0.717, 1.165) is 11.6 Å². The Balaban J connectivity index is 1.55. The van der Waals surface area contributed by atoms with Gasteiger partial charge in [0.1, 0.15) is 5.82 Å². The first kappa shape index (κ1) is 21.4. The molecule has 0 N–H and O–H groups in total. The molecule has 1 aliphatic rings. The average Bonchev–Trinajstić information content (AvgIpc) is 3.24. The van der Waals surface area contributed by atoms with E-state index in [4.69, 9.17) is 4.74 Å². The molecule has 168 valence electrons. The zero-order valence-electron chi connectivity index (χ0n) is 17.8. The van der Waals surface area contributed by atoms with Crippen LogP contribution in [0, 0.1) is 5.82 Å². The molecule has 0 radical (unpaired) electrons. The lowest BCUT2D eigenvalue weighted by molar-refractivity contribution is 0.0303. The Morgan fingerprint density at radius 1 is 1.06 bits per heavy atom. The molecule has 1 unspecified atom stereocenters. The van der Waals surface area contributed by atoms with Crippen molar-refractivity contribution in [3.63, 3.8) is 0 Å². The van der Waals surface area contributed by atoms with Gasteiger partial charge in [-0.15, -0.1) is 0 Å². The van der Waals surface area contributed by atoms with Crippen LogP contribution in [0.4, 0.5) is 4.39 Å². The van der Waals surface area contributed by atoms with Gasteiger partial charge in [0.2, 0.25) is 5.95 Å². The summed E-state index contributed by atoms with van der Waals surface area (Å²) in [6.07, 6.45) is 7.67. The summed E-state index contributed by atoms with van der Waals surface area (Å²) in [6, 6.07) is 8.23. The van der Waals surface area contributed by atoms with Crippen molar-refractivity contribution >= 4 is 27.6 Å². The lowest BCUT2D eigenvalue weighted by Crippen LogP contribution is -2.40. The van der Waals surface area contributed by atoms with E-state index in [9.17, 15) is 13.4 Å². The number of amides is 1. The molecule has 0 spiro atoms. The van der Waals surface area contributed by atoms with Gasteiger partial charge in [-0.2, -0.15) is 0 Å². The normalized spacial score (nSPS) is 15.0. The van der Waals surface area contributed by atoms with E-state index in [-0.39, 0.29) is 5.91 Å². The first-order valence-electron chi connectivity index (χ1n) is 10.3. The molecule has 10 heteroatoms. The van der Waals surface area contributed by atoms with Crippen molar-refractivity contribution in [3.8, 4) is 17.2 Å². The van der Waals surface area contributed by atoms with Crippen LogP contribution in [0.15, 0.2) is 60.0 Å². The number of rotatable bonds is 4. The smallest absolute Gasteiger partial charge is 0.254 e. The Hall–Kier alpha value is -3.50. The minimum atomic E-state index is -1.25. The van der Waals surface area contributed by atoms with E-state index in [0.29, 0.717) is 59.5 Å². The van der Waals surface area contributed by atoms with Crippen LogP contribution in [-0.2, 0) is 15.5 Å². The molecule has 0 saturated carbocycles. The second-order valence-corrected chi connectivity index (χ2v) is 8.94. The van der Waals surface area contributed by atoms with Gasteiger partial charge in [0.15, 0.2) is 0 Å². The van der Waals surface area contributed by atoms with Crippen LogP contribution in [0.1, 0.15) is 10.4 Å². The van der Waals surface area contributed by atoms with Crippen molar-refractivity contribution in [2.24, 2.45) is 0 Å². The molecule has 1 fully saturated rings. The van der Waals surface area contributed by atoms with Gasteiger partial charge in [-0.1, -0.05) is 6.07 Å². The van der Waals surface area contributed by atoms with Crippen molar-refractivity contribution in [1.29, 1.82) is 0 Å². The van der Waals surface area contributed by atoms with E-state index in [2.05, 4.69) is 15.0 Å². The third kappa shape index (κ3) is 4.14. The average molecular weight is 466 g/mol. The maximum atomic E-state index is 13.2. The van der Waals surface area contributed by atoms with Crippen LogP contribution in [0.5, 0.6) is 0 Å². The summed E-state index contributed by atoms with van der Waals surface area (Å²) in [5.74, 6) is -0.137. The molecule has 4 aromatic rings. The predicted molar refractivity (Wildman–Crippen MR) is 121 cm³/mol. The minimum absolute atomic E-state index is 0.0780. The fourth-order valence-electron chi connectivity index (χ4n) is 3.80. The highest BCUT2D eigenvalue weighted by Gasteiger charge is 2.21. The fourth-order valence-corrected chi connectivity index (χ4v) is 4.53. The van der Waals surface area contributed by atoms with Crippen LogP contribution in [0.25, 0.3) is 28.1 Å². The molecule has 5 rings (SSSR count). The number of nitrogens with zero attached hydrogens (tertiary/aromatic N) is 5. The Morgan fingerprint density at radius 3 is 2.48 bits per heavy atom. The molecule has 0 bridgehead atoms. The molecule has 1 saturated heterocycles. The maximum Gasteiger partial charge on any atom is 0.254 e. The Bertz CT molecular complexity index is 1350. The molecule has 1 aromatic carbocycles. The fraction of sp³-hybridized carbons (Fsp3) is 0.217. The van der Waals surface area contributed by atoms with Crippen molar-refractivity contribution in [1.82, 2.24) is 24.4 Å². The third-order valence-corrected chi connectivity index (χ3v) is 6.45. The Kier molecular flexibility index (Phi) is 5.69. The topological polar surface area (TPSA) is 90.2 Å². The second-order valence-electron chi connectivity index (χ2n) is 7.59. The number of pyridine rings is 1. The molecule has 4 heterocycles. The molecule has 33 heavy (non-hydrogen) atoms. The zero-order chi connectivity index (χ0) is 22.9. The van der Waals surface area contributed by atoms with Gasteiger partial charge in [-0.25, -0.2) is 14.4 Å². The second kappa shape index (κ2) is 8.80. The number of aromatic nitrogens is 4. The highest BCUT2D eigenvalue weighted by atomic mass is 32.2. The summed E-state index contributed by atoms with van der Waals surface area (Å²) in [4.78, 5) is 28.3. The first-order valence-corrected chi connectivity index (χ1v) is 11.9. The molecule has 0 aliphatic carbocycles. The number of hydrogen-bond donors (Lipinski definition) is 0. The summed E-state index contributed by atoms with van der Waals surface area (Å²) in [5, 5.41) is 0.766. The van der Waals surface area contributed by atoms with Crippen molar-refractivity contribution < 1.29 is 18.1 Å². The minimum Gasteiger partial charge on any atom is -0.378 e. The highest BCUT2D eigenvalue weighted by Crippen LogP contribution is 2.28. The number of fused-ring (bicyclic) bond motifs is 1. The number of morpholine rings is 1. The highest BCUT2D eigenvalue weighted by molar-refractivity contribution is 7.84. The van der Waals surface area contributed by atoms with Gasteiger partial charge >= 0.3 is 0 Å². The van der Waals surface area contributed by atoms with Crippen molar-refractivity contribution in [2.75, 3.05) is 32.6 Å². The van der Waals surface area contributed by atoms with Gasteiger partial charge in [0, 0.05) is 54.4 Å². The van der Waals surface area contributed by atoms with Crippen LogP contribution in [0.2, 0.25) is 0 Å². The summed E-state index contributed by atoms with van der Waals surface area (Å²) in [6.45, 7) is 2.13. The van der Waals surface area contributed by atoms with Crippen LogP contribution in [-0.4, -0.2) is 67.1 Å². The molecule has 1 atom stereocenters. The van der Waals surface area contributed by atoms with Gasteiger partial charge in [0.05, 0.1) is 46.3 Å². The standard InChI is InChI=1S/C23H20FN5O3S/c1-33(31)21-14-29(23-26-11-16(12-27-23)19-5-3-17(24)13-25-19)20-10-15(2-4-18(20)21)22(30)28-6-8-32-9-7-28/h2-5,10-14H,6-9H2,1H3. The van der Waals surface area contributed by atoms with Crippen LogP contribution >= 0.6 is 0 Å². The molecular formula is C23H20FN5O3S. The molecule has 8 nitrogen and oxygen atoms in total. The van der Waals surface area contributed by atoms with Gasteiger partial charge < -0.3 is 9.64 Å². The number of ether oxygens (including phenoxy) is 1. The van der Waals surface area contributed by atoms with E-state index < -0.39 is 16.6 Å². The van der Waals surface area contributed by atoms with Gasteiger partial charge in [0.25, 0.3) is 5.91 Å². The molecule has 3 aromatic heterocycles. The van der Waals surface area contributed by atoms with E-state index in [1.807, 2.05) is 6.07 Å². The SMILES string of the molecule is CS(=O)c1cn(-c2ncc(-c3ccc(F)cn3)cn2)c2cc(C(=O)N3CCOCC3)ccc12. The number of carbonyl (C=O) groups excluding carboxylic acids is 1. The Morgan fingerprint density at radius 2 is 1.82 bits per heavy atom. The van der Waals surface area contributed by atoms with Gasteiger partial charge in [-0.3, -0.25) is 18.6 Å². The van der Waals surface area contributed by atoms with Gasteiger partial charge in [-0.05, 0) is 24.3 Å². The summed E-state index contributed by atoms with van der Waals surface area (Å²) in [5.41, 5.74) is 2.41. The zero-order valence-corrected chi connectivity index (χ0v) is 18.6. The lowest BCUT2D eigenvalue weighted by Gasteiger charge is -2.26. The maximum absolute atomic E-state index is 13.2. The Labute approximate surface area is 191 Å².